The van der Waals surface area contributed by atoms with Gasteiger partial charge in [0.15, 0.2) is 0 Å². The lowest BCUT2D eigenvalue weighted by Gasteiger charge is -2.35. The van der Waals surface area contributed by atoms with Gasteiger partial charge in [0.05, 0.1) is 10.6 Å². The summed E-state index contributed by atoms with van der Waals surface area (Å²) in [7, 11) is -3.45. The Balaban J connectivity index is 1.74. The predicted molar refractivity (Wildman–Crippen MR) is 90.3 cm³/mol. The largest absolute Gasteiger partial charge is 0.506 e. The number of hydrogen-bond donors (Lipinski definition) is 1. The van der Waals surface area contributed by atoms with Gasteiger partial charge in [0.1, 0.15) is 5.75 Å². The molecule has 0 bridgehead atoms. The van der Waals surface area contributed by atoms with Gasteiger partial charge in [0, 0.05) is 26.2 Å². The maximum absolute atomic E-state index is 12.7. The van der Waals surface area contributed by atoms with Crippen molar-refractivity contribution >= 4 is 15.7 Å². The van der Waals surface area contributed by atoms with Gasteiger partial charge >= 0.3 is 0 Å². The van der Waals surface area contributed by atoms with E-state index < -0.39 is 10.0 Å². The van der Waals surface area contributed by atoms with E-state index in [0.29, 0.717) is 31.1 Å². The van der Waals surface area contributed by atoms with E-state index in [1.54, 1.807) is 24.3 Å². The molecule has 0 amide bonds. The number of nitrogens with zero attached hydrogens (tertiary/aromatic N) is 2. The van der Waals surface area contributed by atoms with Crippen LogP contribution in [0.1, 0.15) is 5.56 Å². The molecule has 1 N–H and O–H groups in total. The molecule has 1 saturated heterocycles. The predicted octanol–water partition coefficient (Wildman–Crippen LogP) is 2.21. The number of aryl methyl sites for hydroxylation is 1. The average molecular weight is 332 g/mol. The number of hydrogen-bond acceptors (Lipinski definition) is 4. The summed E-state index contributed by atoms with van der Waals surface area (Å²) in [5.74, 6) is 0.224. The van der Waals surface area contributed by atoms with Crippen molar-refractivity contribution in [3.8, 4) is 5.75 Å². The highest BCUT2D eigenvalue weighted by molar-refractivity contribution is 7.89. The molecule has 5 nitrogen and oxygen atoms in total. The Labute approximate surface area is 136 Å². The second-order valence-corrected chi connectivity index (χ2v) is 7.63. The summed E-state index contributed by atoms with van der Waals surface area (Å²) in [6.45, 7) is 3.86. The third kappa shape index (κ3) is 3.18. The lowest BCUT2D eigenvalue weighted by molar-refractivity contribution is 0.382. The fourth-order valence-electron chi connectivity index (χ4n) is 2.76. The number of aromatic hydroxyl groups is 1. The molecule has 2 aromatic rings. The van der Waals surface area contributed by atoms with Crippen molar-refractivity contribution in [3.63, 3.8) is 0 Å². The molecule has 0 atom stereocenters. The van der Waals surface area contributed by atoms with Crippen LogP contribution in [0, 0.1) is 6.92 Å². The second kappa shape index (κ2) is 6.22. The average Bonchev–Trinajstić information content (AvgIpc) is 2.56. The lowest BCUT2D eigenvalue weighted by atomic mass is 10.2. The van der Waals surface area contributed by atoms with Crippen molar-refractivity contribution in [2.24, 2.45) is 0 Å². The van der Waals surface area contributed by atoms with Crippen LogP contribution in [0.15, 0.2) is 53.4 Å². The molecule has 0 unspecified atom stereocenters. The maximum Gasteiger partial charge on any atom is 0.243 e. The van der Waals surface area contributed by atoms with E-state index in [1.165, 1.54) is 4.31 Å². The zero-order valence-corrected chi connectivity index (χ0v) is 13.8. The van der Waals surface area contributed by atoms with Crippen LogP contribution in [0.4, 0.5) is 5.69 Å². The van der Waals surface area contributed by atoms with Gasteiger partial charge in [-0.1, -0.05) is 29.8 Å². The molecule has 0 aliphatic carbocycles. The monoisotopic (exact) mass is 332 g/mol. The highest BCUT2D eigenvalue weighted by atomic mass is 32.2. The van der Waals surface area contributed by atoms with Crippen LogP contribution in [0.5, 0.6) is 5.75 Å². The normalized spacial score (nSPS) is 16.5. The Kier molecular flexibility index (Phi) is 4.28. The Hall–Kier alpha value is -2.05. The third-order valence-corrected chi connectivity index (χ3v) is 6.03. The third-order valence-electron chi connectivity index (χ3n) is 4.12. The van der Waals surface area contributed by atoms with Gasteiger partial charge in [-0.05, 0) is 31.2 Å². The Morgan fingerprint density at radius 1 is 0.913 bits per heavy atom. The number of rotatable bonds is 3. The number of para-hydroxylation sites is 2. The summed E-state index contributed by atoms with van der Waals surface area (Å²) < 4.78 is 26.8. The maximum atomic E-state index is 12.7. The van der Waals surface area contributed by atoms with E-state index in [0.717, 1.165) is 11.3 Å². The Morgan fingerprint density at radius 2 is 1.52 bits per heavy atom. The highest BCUT2D eigenvalue weighted by Crippen LogP contribution is 2.28. The summed E-state index contributed by atoms with van der Waals surface area (Å²) in [5, 5.41) is 9.92. The minimum atomic E-state index is -3.45. The van der Waals surface area contributed by atoms with Crippen LogP contribution in [0.25, 0.3) is 0 Å². The molecule has 1 aliphatic rings. The van der Waals surface area contributed by atoms with Gasteiger partial charge in [-0.3, -0.25) is 0 Å². The number of phenols is 1. The van der Waals surface area contributed by atoms with Crippen molar-refractivity contribution in [2.75, 3.05) is 31.1 Å². The summed E-state index contributed by atoms with van der Waals surface area (Å²) in [6.07, 6.45) is 0. The number of benzene rings is 2. The van der Waals surface area contributed by atoms with Gasteiger partial charge in [-0.15, -0.1) is 0 Å². The van der Waals surface area contributed by atoms with Crippen molar-refractivity contribution in [1.29, 1.82) is 0 Å². The van der Waals surface area contributed by atoms with Crippen molar-refractivity contribution < 1.29 is 13.5 Å². The molecule has 0 radical (unpaired) electrons. The molecule has 2 aromatic carbocycles. The standard InChI is InChI=1S/C17H20N2O3S/c1-14-6-8-15(9-7-14)23(21,22)19-12-10-18(11-13-19)16-4-2-3-5-17(16)20/h2-9,20H,10-13H2,1H3. The van der Waals surface area contributed by atoms with Crippen LogP contribution in [-0.4, -0.2) is 44.0 Å². The zero-order valence-electron chi connectivity index (χ0n) is 13.0. The highest BCUT2D eigenvalue weighted by Gasteiger charge is 2.29. The molecule has 0 spiro atoms. The quantitative estimate of drug-likeness (QED) is 0.936. The fraction of sp³-hybridized carbons (Fsp3) is 0.294. The molecule has 1 heterocycles. The topological polar surface area (TPSA) is 60.9 Å². The van der Waals surface area contributed by atoms with Crippen LogP contribution >= 0.6 is 0 Å². The van der Waals surface area contributed by atoms with E-state index in [4.69, 9.17) is 0 Å². The molecule has 1 aliphatic heterocycles. The van der Waals surface area contributed by atoms with E-state index in [9.17, 15) is 13.5 Å². The fourth-order valence-corrected chi connectivity index (χ4v) is 4.18. The SMILES string of the molecule is Cc1ccc(S(=O)(=O)N2CCN(c3ccccc3O)CC2)cc1. The summed E-state index contributed by atoms with van der Waals surface area (Å²) in [6, 6.07) is 14.1. The molecular weight excluding hydrogens is 312 g/mol. The van der Waals surface area contributed by atoms with Gasteiger partial charge in [-0.25, -0.2) is 8.42 Å². The van der Waals surface area contributed by atoms with E-state index in [2.05, 4.69) is 0 Å². The van der Waals surface area contributed by atoms with Crippen molar-refractivity contribution in [2.45, 2.75) is 11.8 Å². The Bertz CT molecular complexity index is 780. The second-order valence-electron chi connectivity index (χ2n) is 5.69. The Morgan fingerprint density at radius 3 is 2.13 bits per heavy atom. The summed E-state index contributed by atoms with van der Waals surface area (Å²) >= 11 is 0. The number of phenolic OH excluding ortho intramolecular Hbond substituents is 1. The first-order valence-electron chi connectivity index (χ1n) is 7.58. The molecule has 0 saturated carbocycles. The van der Waals surface area contributed by atoms with Gasteiger partial charge in [0.2, 0.25) is 10.0 Å². The van der Waals surface area contributed by atoms with Crippen LogP contribution in [0.3, 0.4) is 0 Å². The van der Waals surface area contributed by atoms with Crippen LogP contribution in [0.2, 0.25) is 0 Å². The van der Waals surface area contributed by atoms with Gasteiger partial charge in [-0.2, -0.15) is 4.31 Å². The minimum Gasteiger partial charge on any atom is -0.506 e. The lowest BCUT2D eigenvalue weighted by Crippen LogP contribution is -2.48. The first kappa shape index (κ1) is 15.8. The van der Waals surface area contributed by atoms with Crippen molar-refractivity contribution in [1.82, 2.24) is 4.31 Å². The van der Waals surface area contributed by atoms with Gasteiger partial charge < -0.3 is 10.0 Å². The number of piperazine rings is 1. The van der Waals surface area contributed by atoms with Gasteiger partial charge in [0.25, 0.3) is 0 Å². The number of sulfonamides is 1. The molecule has 23 heavy (non-hydrogen) atoms. The summed E-state index contributed by atoms with van der Waals surface area (Å²) in [5.41, 5.74) is 1.79. The zero-order chi connectivity index (χ0) is 16.4. The molecule has 1 fully saturated rings. The smallest absolute Gasteiger partial charge is 0.243 e. The summed E-state index contributed by atoms with van der Waals surface area (Å²) in [4.78, 5) is 2.34. The molecule has 122 valence electrons. The first-order valence-corrected chi connectivity index (χ1v) is 9.02. The molecule has 0 aromatic heterocycles. The first-order chi connectivity index (χ1) is 11.0. The van der Waals surface area contributed by atoms with Crippen LogP contribution in [-0.2, 0) is 10.0 Å². The van der Waals surface area contributed by atoms with Crippen LogP contribution < -0.4 is 4.90 Å². The van der Waals surface area contributed by atoms with E-state index in [1.807, 2.05) is 36.1 Å². The van der Waals surface area contributed by atoms with E-state index in [-0.39, 0.29) is 5.75 Å². The molecule has 6 heteroatoms. The van der Waals surface area contributed by atoms with E-state index >= 15 is 0 Å². The molecular formula is C17H20N2O3S. The minimum absolute atomic E-state index is 0.224. The molecule has 3 rings (SSSR count). The number of anilines is 1. The van der Waals surface area contributed by atoms with Crippen molar-refractivity contribution in [3.05, 3.63) is 54.1 Å².